The molecule has 2 aromatic heterocycles. The third-order valence-electron chi connectivity index (χ3n) is 5.88. The number of hydrogen-bond donors (Lipinski definition) is 3. The van der Waals surface area contributed by atoms with Gasteiger partial charge < -0.3 is 15.4 Å². The summed E-state index contributed by atoms with van der Waals surface area (Å²) >= 11 is 0. The monoisotopic (exact) mass is 417 g/mol. The molecule has 3 aromatic rings. The molecule has 0 saturated heterocycles. The number of aromatic amines is 1. The lowest BCUT2D eigenvalue weighted by Crippen LogP contribution is -2.47. The van der Waals surface area contributed by atoms with Gasteiger partial charge in [0.05, 0.1) is 17.7 Å². The molecule has 3 N–H and O–H groups in total. The number of Topliss-reactive ketones (excluding diaryl/α,β-unsaturated/α-hetero) is 1. The van der Waals surface area contributed by atoms with Crippen LogP contribution in [-0.4, -0.2) is 39.4 Å². The Morgan fingerprint density at radius 3 is 2.55 bits per heavy atom. The molecule has 31 heavy (non-hydrogen) atoms. The summed E-state index contributed by atoms with van der Waals surface area (Å²) in [6.07, 6.45) is 4.91. The molecule has 0 aliphatic heterocycles. The standard InChI is InChI=1S/C25H27N3O3/c1-25(2,15-29)24(31)27-18-13-20-22(21(30)14-18)19(12-16-6-4-3-5-7-16)23(28-20)17-8-10-26-11-9-17/h3-11,18,28-29H,12-15H2,1-2H3,(H,27,31). The van der Waals surface area contributed by atoms with E-state index in [1.54, 1.807) is 26.2 Å². The van der Waals surface area contributed by atoms with Gasteiger partial charge in [0, 0.05) is 54.5 Å². The zero-order valence-electron chi connectivity index (χ0n) is 17.8. The fraction of sp³-hybridized carbons (Fsp3) is 0.320. The average Bonchev–Trinajstić information content (AvgIpc) is 3.13. The lowest BCUT2D eigenvalue weighted by Gasteiger charge is -2.28. The van der Waals surface area contributed by atoms with Crippen LogP contribution in [0.5, 0.6) is 0 Å². The number of fused-ring (bicyclic) bond motifs is 1. The van der Waals surface area contributed by atoms with Crippen molar-refractivity contribution in [3.05, 3.63) is 77.2 Å². The second kappa shape index (κ2) is 8.47. The summed E-state index contributed by atoms with van der Waals surface area (Å²) in [4.78, 5) is 33.3. The molecule has 0 bridgehead atoms. The van der Waals surface area contributed by atoms with Crippen LogP contribution in [-0.2, 0) is 17.6 Å². The van der Waals surface area contributed by atoms with Gasteiger partial charge in [0.25, 0.3) is 0 Å². The summed E-state index contributed by atoms with van der Waals surface area (Å²) in [6, 6.07) is 13.6. The molecule has 1 amide bonds. The highest BCUT2D eigenvalue weighted by molar-refractivity contribution is 6.02. The number of carbonyl (C=O) groups excluding carboxylic acids is 2. The van der Waals surface area contributed by atoms with Gasteiger partial charge in [0.2, 0.25) is 5.91 Å². The molecule has 6 nitrogen and oxygen atoms in total. The number of nitrogens with zero attached hydrogens (tertiary/aromatic N) is 1. The van der Waals surface area contributed by atoms with Gasteiger partial charge in [0.1, 0.15) is 0 Å². The van der Waals surface area contributed by atoms with Crippen LogP contribution >= 0.6 is 0 Å². The Bertz CT molecular complexity index is 1090. The molecule has 1 aliphatic rings. The Balaban J connectivity index is 1.70. The Labute approximate surface area is 181 Å². The van der Waals surface area contributed by atoms with Gasteiger partial charge in [0.15, 0.2) is 5.78 Å². The number of carbonyl (C=O) groups is 2. The first-order valence-corrected chi connectivity index (χ1v) is 10.5. The van der Waals surface area contributed by atoms with E-state index in [4.69, 9.17) is 0 Å². The van der Waals surface area contributed by atoms with Gasteiger partial charge in [-0.05, 0) is 37.1 Å². The largest absolute Gasteiger partial charge is 0.395 e. The molecule has 1 unspecified atom stereocenters. The van der Waals surface area contributed by atoms with Crippen molar-refractivity contribution in [2.45, 2.75) is 39.2 Å². The van der Waals surface area contributed by atoms with Crippen LogP contribution < -0.4 is 5.32 Å². The van der Waals surface area contributed by atoms with Crippen LogP contribution in [0.15, 0.2) is 54.9 Å². The van der Waals surface area contributed by atoms with E-state index in [1.165, 1.54) is 0 Å². The topological polar surface area (TPSA) is 95.1 Å². The van der Waals surface area contributed by atoms with E-state index >= 15 is 0 Å². The Morgan fingerprint density at radius 2 is 1.87 bits per heavy atom. The minimum absolute atomic E-state index is 0.0239. The zero-order valence-corrected chi connectivity index (χ0v) is 17.8. The van der Waals surface area contributed by atoms with E-state index in [2.05, 4.69) is 27.4 Å². The number of nitrogens with one attached hydrogen (secondary N) is 2. The highest BCUT2D eigenvalue weighted by Crippen LogP contribution is 2.34. The van der Waals surface area contributed by atoms with E-state index < -0.39 is 5.41 Å². The van der Waals surface area contributed by atoms with E-state index in [-0.39, 0.29) is 30.8 Å². The van der Waals surface area contributed by atoms with Crippen molar-refractivity contribution in [1.29, 1.82) is 0 Å². The number of pyridine rings is 1. The average molecular weight is 418 g/mol. The molecule has 0 radical (unpaired) electrons. The van der Waals surface area contributed by atoms with Crippen LogP contribution in [0.1, 0.15) is 47.4 Å². The summed E-state index contributed by atoms with van der Waals surface area (Å²) < 4.78 is 0. The third-order valence-corrected chi connectivity index (χ3v) is 5.88. The number of rotatable bonds is 6. The van der Waals surface area contributed by atoms with Gasteiger partial charge in [-0.1, -0.05) is 30.3 Å². The maximum atomic E-state index is 13.2. The summed E-state index contributed by atoms with van der Waals surface area (Å²) in [6.45, 7) is 3.12. The quantitative estimate of drug-likeness (QED) is 0.573. The summed E-state index contributed by atoms with van der Waals surface area (Å²) in [7, 11) is 0. The SMILES string of the molecule is CC(C)(CO)C(=O)NC1CC(=O)c2c([nH]c(-c3ccncc3)c2Cc2ccccc2)C1. The Morgan fingerprint density at radius 1 is 1.16 bits per heavy atom. The molecule has 1 aliphatic carbocycles. The molecule has 2 heterocycles. The second-order valence-electron chi connectivity index (χ2n) is 8.77. The first-order chi connectivity index (χ1) is 14.9. The van der Waals surface area contributed by atoms with E-state index in [0.717, 1.165) is 33.6 Å². The molecule has 4 rings (SSSR count). The van der Waals surface area contributed by atoms with Crippen molar-refractivity contribution in [2.75, 3.05) is 6.61 Å². The maximum absolute atomic E-state index is 13.2. The molecular formula is C25H27N3O3. The molecule has 0 spiro atoms. The lowest BCUT2D eigenvalue weighted by molar-refractivity contribution is -0.132. The van der Waals surface area contributed by atoms with Crippen molar-refractivity contribution in [3.63, 3.8) is 0 Å². The molecular weight excluding hydrogens is 390 g/mol. The predicted molar refractivity (Wildman–Crippen MR) is 119 cm³/mol. The van der Waals surface area contributed by atoms with Gasteiger partial charge >= 0.3 is 0 Å². The minimum atomic E-state index is -0.889. The minimum Gasteiger partial charge on any atom is -0.395 e. The number of H-pyrrole nitrogens is 1. The van der Waals surface area contributed by atoms with E-state index in [1.807, 2.05) is 30.3 Å². The van der Waals surface area contributed by atoms with Crippen LogP contribution in [0.4, 0.5) is 0 Å². The normalized spacial score (nSPS) is 16.1. The van der Waals surface area contributed by atoms with Crippen molar-refractivity contribution in [2.24, 2.45) is 5.41 Å². The summed E-state index contributed by atoms with van der Waals surface area (Å²) in [5, 5.41) is 12.4. The van der Waals surface area contributed by atoms with Crippen molar-refractivity contribution < 1.29 is 14.7 Å². The third kappa shape index (κ3) is 4.30. The fourth-order valence-corrected chi connectivity index (χ4v) is 4.03. The molecule has 1 atom stereocenters. The molecule has 6 heteroatoms. The Kier molecular flexibility index (Phi) is 5.74. The maximum Gasteiger partial charge on any atom is 0.228 e. The highest BCUT2D eigenvalue weighted by atomic mass is 16.3. The first-order valence-electron chi connectivity index (χ1n) is 10.5. The summed E-state index contributed by atoms with van der Waals surface area (Å²) in [5.74, 6) is -0.225. The molecule has 160 valence electrons. The number of aliphatic hydroxyl groups excluding tert-OH is 1. The summed E-state index contributed by atoms with van der Waals surface area (Å²) in [5.41, 5.74) is 4.71. The first kappa shape index (κ1) is 21.0. The smallest absolute Gasteiger partial charge is 0.228 e. The molecule has 0 fully saturated rings. The number of ketones is 1. The Hall–Kier alpha value is -3.25. The van der Waals surface area contributed by atoms with Crippen LogP contribution in [0, 0.1) is 5.41 Å². The number of benzene rings is 1. The molecule has 1 aromatic carbocycles. The fourth-order valence-electron chi connectivity index (χ4n) is 4.03. The zero-order chi connectivity index (χ0) is 22.0. The van der Waals surface area contributed by atoms with E-state index in [0.29, 0.717) is 12.8 Å². The van der Waals surface area contributed by atoms with Crippen molar-refractivity contribution in [3.8, 4) is 11.3 Å². The lowest BCUT2D eigenvalue weighted by atomic mass is 9.86. The van der Waals surface area contributed by atoms with Crippen LogP contribution in [0.25, 0.3) is 11.3 Å². The van der Waals surface area contributed by atoms with Crippen molar-refractivity contribution >= 4 is 11.7 Å². The number of aliphatic hydroxyl groups is 1. The van der Waals surface area contributed by atoms with Crippen molar-refractivity contribution in [1.82, 2.24) is 15.3 Å². The van der Waals surface area contributed by atoms with Crippen LogP contribution in [0.3, 0.4) is 0 Å². The van der Waals surface area contributed by atoms with Gasteiger partial charge in [-0.15, -0.1) is 0 Å². The molecule has 0 saturated carbocycles. The number of amides is 1. The van der Waals surface area contributed by atoms with Crippen LogP contribution in [0.2, 0.25) is 0 Å². The highest BCUT2D eigenvalue weighted by Gasteiger charge is 2.35. The second-order valence-corrected chi connectivity index (χ2v) is 8.77. The number of hydrogen-bond acceptors (Lipinski definition) is 4. The van der Waals surface area contributed by atoms with Gasteiger partial charge in [-0.25, -0.2) is 0 Å². The van der Waals surface area contributed by atoms with Gasteiger partial charge in [-0.3, -0.25) is 14.6 Å². The van der Waals surface area contributed by atoms with Gasteiger partial charge in [-0.2, -0.15) is 0 Å². The number of aromatic nitrogens is 2. The van der Waals surface area contributed by atoms with E-state index in [9.17, 15) is 14.7 Å². The predicted octanol–water partition coefficient (Wildman–Crippen LogP) is 3.30.